The molecule has 2 aliphatic heterocycles. The number of nitrogens with one attached hydrogen (secondary N) is 1. The molecule has 1 N–H and O–H groups in total. The molecule has 110 valence electrons. The first-order valence-electron chi connectivity index (χ1n) is 7.71. The quantitative estimate of drug-likeness (QED) is 0.884. The van der Waals surface area contributed by atoms with E-state index in [1.54, 1.807) is 0 Å². The Morgan fingerprint density at radius 3 is 1.85 bits per heavy atom. The van der Waals surface area contributed by atoms with Gasteiger partial charge in [0.1, 0.15) is 0 Å². The van der Waals surface area contributed by atoms with Crippen molar-refractivity contribution in [3.63, 3.8) is 0 Å². The van der Waals surface area contributed by atoms with Gasteiger partial charge in [-0.15, -0.1) is 0 Å². The lowest BCUT2D eigenvalue weighted by Crippen LogP contribution is -2.42. The minimum absolute atomic E-state index is 0.876. The van der Waals surface area contributed by atoms with E-state index in [9.17, 15) is 0 Å². The van der Waals surface area contributed by atoms with Gasteiger partial charge in [0, 0.05) is 52.4 Å². The van der Waals surface area contributed by atoms with Gasteiger partial charge in [0.05, 0.1) is 13.2 Å². The zero-order valence-electron chi connectivity index (χ0n) is 12.2. The Hall–Kier alpha value is -0.940. The van der Waals surface area contributed by atoms with Gasteiger partial charge < -0.3 is 10.1 Å². The van der Waals surface area contributed by atoms with Gasteiger partial charge in [-0.3, -0.25) is 9.80 Å². The van der Waals surface area contributed by atoms with Gasteiger partial charge >= 0.3 is 0 Å². The standard InChI is InChI=1S/C16H25N3O/c1-3-16(14-19-9-11-20-12-10-19)4-2-15(1)13-18-7-5-17-6-8-18/h1-4,17H,5-14H2. The first kappa shape index (κ1) is 14.0. The number of ether oxygens (including phenoxy) is 1. The third-order valence-corrected chi connectivity index (χ3v) is 4.15. The zero-order chi connectivity index (χ0) is 13.6. The molecule has 0 aromatic heterocycles. The maximum Gasteiger partial charge on any atom is 0.0594 e. The van der Waals surface area contributed by atoms with E-state index >= 15 is 0 Å². The highest BCUT2D eigenvalue weighted by Gasteiger charge is 2.12. The summed E-state index contributed by atoms with van der Waals surface area (Å²) in [4.78, 5) is 4.99. The molecule has 4 heteroatoms. The number of hydrogen-bond acceptors (Lipinski definition) is 4. The average Bonchev–Trinajstić information content (AvgIpc) is 2.51. The maximum absolute atomic E-state index is 5.39. The number of rotatable bonds is 4. The van der Waals surface area contributed by atoms with E-state index < -0.39 is 0 Å². The van der Waals surface area contributed by atoms with Crippen molar-refractivity contribution in [1.29, 1.82) is 0 Å². The summed E-state index contributed by atoms with van der Waals surface area (Å²) >= 11 is 0. The average molecular weight is 275 g/mol. The van der Waals surface area contributed by atoms with Crippen LogP contribution in [0.1, 0.15) is 11.1 Å². The molecule has 0 aliphatic carbocycles. The zero-order valence-corrected chi connectivity index (χ0v) is 12.2. The Labute approximate surface area is 121 Å². The maximum atomic E-state index is 5.39. The van der Waals surface area contributed by atoms with E-state index in [1.807, 2.05) is 0 Å². The number of benzene rings is 1. The predicted octanol–water partition coefficient (Wildman–Crippen LogP) is 0.924. The summed E-state index contributed by atoms with van der Waals surface area (Å²) in [6.07, 6.45) is 0. The molecule has 20 heavy (non-hydrogen) atoms. The van der Waals surface area contributed by atoms with Gasteiger partial charge in [0.2, 0.25) is 0 Å². The number of hydrogen-bond donors (Lipinski definition) is 1. The minimum Gasteiger partial charge on any atom is -0.379 e. The molecule has 4 nitrogen and oxygen atoms in total. The van der Waals surface area contributed by atoms with Crippen LogP contribution in [-0.4, -0.2) is 62.3 Å². The SMILES string of the molecule is c1cc(CN2CCOCC2)ccc1CN1CCNCC1. The van der Waals surface area contributed by atoms with Crippen molar-refractivity contribution in [2.24, 2.45) is 0 Å². The van der Waals surface area contributed by atoms with Crippen molar-refractivity contribution in [2.75, 3.05) is 52.5 Å². The van der Waals surface area contributed by atoms with Gasteiger partial charge in [0.25, 0.3) is 0 Å². The van der Waals surface area contributed by atoms with Crippen LogP contribution in [0.15, 0.2) is 24.3 Å². The fourth-order valence-electron chi connectivity index (χ4n) is 2.90. The highest BCUT2D eigenvalue weighted by atomic mass is 16.5. The van der Waals surface area contributed by atoms with Crippen LogP contribution in [0, 0.1) is 0 Å². The van der Waals surface area contributed by atoms with Crippen LogP contribution in [0.3, 0.4) is 0 Å². The van der Waals surface area contributed by atoms with Crippen LogP contribution in [0.2, 0.25) is 0 Å². The number of nitrogens with zero attached hydrogens (tertiary/aromatic N) is 2. The van der Waals surface area contributed by atoms with E-state index in [1.165, 1.54) is 11.1 Å². The molecule has 0 spiro atoms. The van der Waals surface area contributed by atoms with Gasteiger partial charge in [-0.1, -0.05) is 24.3 Å². The Bertz CT molecular complexity index is 356. The summed E-state index contributed by atoms with van der Waals surface area (Å²) < 4.78 is 5.39. The second-order valence-corrected chi connectivity index (χ2v) is 5.73. The Morgan fingerprint density at radius 2 is 1.30 bits per heavy atom. The second-order valence-electron chi connectivity index (χ2n) is 5.73. The number of piperazine rings is 1. The molecule has 2 heterocycles. The molecule has 2 aliphatic rings. The van der Waals surface area contributed by atoms with Crippen LogP contribution in [0.4, 0.5) is 0 Å². The summed E-state index contributed by atoms with van der Waals surface area (Å²) in [5.74, 6) is 0. The molecule has 0 amide bonds. The van der Waals surface area contributed by atoms with Gasteiger partial charge in [-0.25, -0.2) is 0 Å². The van der Waals surface area contributed by atoms with Crippen molar-refractivity contribution >= 4 is 0 Å². The van der Waals surface area contributed by atoms with Crippen molar-refractivity contribution < 1.29 is 4.74 Å². The highest BCUT2D eigenvalue weighted by molar-refractivity contribution is 5.22. The fraction of sp³-hybridized carbons (Fsp3) is 0.625. The predicted molar refractivity (Wildman–Crippen MR) is 80.7 cm³/mol. The fourth-order valence-corrected chi connectivity index (χ4v) is 2.90. The molecule has 0 radical (unpaired) electrons. The van der Waals surface area contributed by atoms with Gasteiger partial charge in [-0.05, 0) is 11.1 Å². The summed E-state index contributed by atoms with van der Waals surface area (Å²) in [5.41, 5.74) is 2.84. The summed E-state index contributed by atoms with van der Waals surface area (Å²) in [7, 11) is 0. The first-order valence-corrected chi connectivity index (χ1v) is 7.71. The number of morpholine rings is 1. The molecule has 1 aromatic rings. The molecule has 1 aromatic carbocycles. The summed E-state index contributed by atoms with van der Waals surface area (Å²) in [6.45, 7) is 10.6. The molecular formula is C16H25N3O. The topological polar surface area (TPSA) is 27.7 Å². The van der Waals surface area contributed by atoms with Gasteiger partial charge in [-0.2, -0.15) is 0 Å². The lowest BCUT2D eigenvalue weighted by Gasteiger charge is -2.28. The highest BCUT2D eigenvalue weighted by Crippen LogP contribution is 2.11. The Kier molecular flexibility index (Phi) is 5.03. The van der Waals surface area contributed by atoms with Crippen LogP contribution in [0.5, 0.6) is 0 Å². The van der Waals surface area contributed by atoms with Crippen LogP contribution in [0.25, 0.3) is 0 Å². The van der Waals surface area contributed by atoms with Crippen molar-refractivity contribution in [1.82, 2.24) is 15.1 Å². The van der Waals surface area contributed by atoms with E-state index in [0.29, 0.717) is 0 Å². The van der Waals surface area contributed by atoms with E-state index in [4.69, 9.17) is 4.74 Å². The lowest BCUT2D eigenvalue weighted by molar-refractivity contribution is 0.0342. The minimum atomic E-state index is 0.876. The van der Waals surface area contributed by atoms with Crippen LogP contribution < -0.4 is 5.32 Å². The Balaban J connectivity index is 1.51. The van der Waals surface area contributed by atoms with Crippen LogP contribution >= 0.6 is 0 Å². The molecule has 0 saturated carbocycles. The van der Waals surface area contributed by atoms with E-state index in [0.717, 1.165) is 65.6 Å². The molecular weight excluding hydrogens is 250 g/mol. The monoisotopic (exact) mass is 275 g/mol. The summed E-state index contributed by atoms with van der Waals surface area (Å²) in [5, 5.41) is 3.40. The Morgan fingerprint density at radius 1 is 0.800 bits per heavy atom. The molecule has 2 fully saturated rings. The largest absolute Gasteiger partial charge is 0.379 e. The second kappa shape index (κ2) is 7.18. The lowest BCUT2D eigenvalue weighted by atomic mass is 10.1. The van der Waals surface area contributed by atoms with Crippen molar-refractivity contribution in [2.45, 2.75) is 13.1 Å². The molecule has 3 rings (SSSR count). The van der Waals surface area contributed by atoms with Gasteiger partial charge in [0.15, 0.2) is 0 Å². The first-order chi connectivity index (χ1) is 9.90. The normalized spacial score (nSPS) is 22.0. The van der Waals surface area contributed by atoms with Crippen LogP contribution in [-0.2, 0) is 17.8 Å². The molecule has 0 unspecified atom stereocenters. The third kappa shape index (κ3) is 4.03. The van der Waals surface area contributed by atoms with E-state index in [2.05, 4.69) is 39.4 Å². The third-order valence-electron chi connectivity index (χ3n) is 4.15. The smallest absolute Gasteiger partial charge is 0.0594 e. The molecule has 2 saturated heterocycles. The van der Waals surface area contributed by atoms with Crippen molar-refractivity contribution in [3.05, 3.63) is 35.4 Å². The summed E-state index contributed by atoms with van der Waals surface area (Å²) in [6, 6.07) is 9.15. The molecule has 0 bridgehead atoms. The van der Waals surface area contributed by atoms with Crippen molar-refractivity contribution in [3.8, 4) is 0 Å². The molecule has 0 atom stereocenters. The van der Waals surface area contributed by atoms with E-state index in [-0.39, 0.29) is 0 Å².